The molecule has 3 rings (SSSR count). The lowest BCUT2D eigenvalue weighted by Crippen LogP contribution is -2.14. The highest BCUT2D eigenvalue weighted by Gasteiger charge is 2.13. The molecule has 0 fully saturated rings. The maximum atomic E-state index is 12.5. The second kappa shape index (κ2) is 8.27. The van der Waals surface area contributed by atoms with Gasteiger partial charge < -0.3 is 10.1 Å². The number of amides is 1. The predicted octanol–water partition coefficient (Wildman–Crippen LogP) is 4.42. The van der Waals surface area contributed by atoms with E-state index in [-0.39, 0.29) is 5.57 Å². The highest BCUT2D eigenvalue weighted by atomic mass is 16.5. The molecule has 26 heavy (non-hydrogen) atoms. The van der Waals surface area contributed by atoms with Crippen molar-refractivity contribution in [1.82, 2.24) is 4.98 Å². The van der Waals surface area contributed by atoms with Crippen LogP contribution >= 0.6 is 0 Å². The molecule has 5 nitrogen and oxygen atoms in total. The standard InChI is InChI=1S/C21H15N3O2/c22-15-17(14-16-10-12-23-13-11-16)21(25)24-19-8-4-5-9-20(19)26-18-6-2-1-3-7-18/h1-14H,(H,24,25). The molecule has 3 aromatic rings. The number of anilines is 1. The molecule has 0 unspecified atom stereocenters. The molecule has 0 bridgehead atoms. The number of benzene rings is 2. The highest BCUT2D eigenvalue weighted by Crippen LogP contribution is 2.29. The number of rotatable bonds is 5. The molecule has 5 heteroatoms. The number of nitrogens with zero attached hydrogens (tertiary/aromatic N) is 2. The minimum Gasteiger partial charge on any atom is -0.455 e. The maximum Gasteiger partial charge on any atom is 0.266 e. The van der Waals surface area contributed by atoms with E-state index < -0.39 is 5.91 Å². The zero-order chi connectivity index (χ0) is 18.2. The molecule has 0 aliphatic carbocycles. The van der Waals surface area contributed by atoms with Gasteiger partial charge in [-0.1, -0.05) is 30.3 Å². The average Bonchev–Trinajstić information content (AvgIpc) is 2.69. The lowest BCUT2D eigenvalue weighted by Gasteiger charge is -2.12. The van der Waals surface area contributed by atoms with E-state index in [1.807, 2.05) is 42.5 Å². The third kappa shape index (κ3) is 4.34. The number of pyridine rings is 1. The van der Waals surface area contributed by atoms with Crippen LogP contribution in [0, 0.1) is 11.3 Å². The molecule has 1 N–H and O–H groups in total. The quantitative estimate of drug-likeness (QED) is 0.550. The van der Waals surface area contributed by atoms with Gasteiger partial charge in [0.05, 0.1) is 5.69 Å². The number of aromatic nitrogens is 1. The number of carbonyl (C=O) groups is 1. The molecule has 126 valence electrons. The van der Waals surface area contributed by atoms with E-state index in [0.29, 0.717) is 17.2 Å². The van der Waals surface area contributed by atoms with Crippen LogP contribution in [0.25, 0.3) is 6.08 Å². The number of nitriles is 1. The minimum absolute atomic E-state index is 0.00860. The molecule has 1 amide bonds. The van der Waals surface area contributed by atoms with Gasteiger partial charge in [-0.05, 0) is 48.0 Å². The molecule has 0 radical (unpaired) electrons. The molecule has 0 aliphatic rings. The van der Waals surface area contributed by atoms with E-state index in [2.05, 4.69) is 10.3 Å². The Morgan fingerprint density at radius 2 is 1.69 bits per heavy atom. The van der Waals surface area contributed by atoms with E-state index >= 15 is 0 Å². The number of ether oxygens (including phenoxy) is 1. The Morgan fingerprint density at radius 3 is 2.42 bits per heavy atom. The van der Waals surface area contributed by atoms with E-state index in [0.717, 1.165) is 5.56 Å². The Labute approximate surface area is 151 Å². The first-order valence-electron chi connectivity index (χ1n) is 7.91. The van der Waals surface area contributed by atoms with Crippen molar-refractivity contribution in [2.45, 2.75) is 0 Å². The molecular weight excluding hydrogens is 326 g/mol. The van der Waals surface area contributed by atoms with Gasteiger partial charge in [0, 0.05) is 12.4 Å². The number of carbonyl (C=O) groups excluding carboxylic acids is 1. The fourth-order valence-corrected chi connectivity index (χ4v) is 2.24. The number of hydrogen-bond donors (Lipinski definition) is 1. The molecule has 0 spiro atoms. The molecule has 1 heterocycles. The number of hydrogen-bond acceptors (Lipinski definition) is 4. The Bertz CT molecular complexity index is 961. The predicted molar refractivity (Wildman–Crippen MR) is 99.4 cm³/mol. The van der Waals surface area contributed by atoms with Crippen LogP contribution in [-0.4, -0.2) is 10.9 Å². The van der Waals surface area contributed by atoms with Gasteiger partial charge >= 0.3 is 0 Å². The molecule has 0 atom stereocenters. The average molecular weight is 341 g/mol. The Hall–Kier alpha value is -3.91. The molecule has 0 saturated carbocycles. The van der Waals surface area contributed by atoms with Gasteiger partial charge in [0.15, 0.2) is 5.75 Å². The lowest BCUT2D eigenvalue weighted by atomic mass is 10.1. The first-order chi connectivity index (χ1) is 12.8. The second-order valence-electron chi connectivity index (χ2n) is 5.32. The summed E-state index contributed by atoms with van der Waals surface area (Å²) in [6, 6.07) is 21.7. The van der Waals surface area contributed by atoms with Crippen LogP contribution in [0.3, 0.4) is 0 Å². The van der Waals surface area contributed by atoms with Gasteiger partial charge in [-0.3, -0.25) is 9.78 Å². The number of para-hydroxylation sites is 3. The largest absolute Gasteiger partial charge is 0.455 e. The van der Waals surface area contributed by atoms with Crippen molar-refractivity contribution in [2.75, 3.05) is 5.32 Å². The topological polar surface area (TPSA) is 75.0 Å². The van der Waals surface area contributed by atoms with Crippen molar-refractivity contribution in [3.8, 4) is 17.6 Å². The van der Waals surface area contributed by atoms with E-state index in [9.17, 15) is 10.1 Å². The Morgan fingerprint density at radius 1 is 1.00 bits per heavy atom. The van der Waals surface area contributed by atoms with Crippen molar-refractivity contribution in [3.63, 3.8) is 0 Å². The third-order valence-corrected chi connectivity index (χ3v) is 3.49. The summed E-state index contributed by atoms with van der Waals surface area (Å²) >= 11 is 0. The van der Waals surface area contributed by atoms with Crippen molar-refractivity contribution < 1.29 is 9.53 Å². The summed E-state index contributed by atoms with van der Waals surface area (Å²) in [5.41, 5.74) is 1.20. The van der Waals surface area contributed by atoms with Gasteiger partial charge in [0.25, 0.3) is 5.91 Å². The Balaban J connectivity index is 1.81. The van der Waals surface area contributed by atoms with Gasteiger partial charge in [-0.15, -0.1) is 0 Å². The minimum atomic E-state index is -0.506. The summed E-state index contributed by atoms with van der Waals surface area (Å²) in [6.45, 7) is 0. The molecule has 0 aliphatic heterocycles. The molecule has 0 saturated heterocycles. The molecule has 1 aromatic heterocycles. The van der Waals surface area contributed by atoms with Crippen molar-refractivity contribution in [1.29, 1.82) is 5.26 Å². The van der Waals surface area contributed by atoms with Gasteiger partial charge in [-0.2, -0.15) is 5.26 Å². The molecular formula is C21H15N3O2. The van der Waals surface area contributed by atoms with Crippen LogP contribution in [0.2, 0.25) is 0 Å². The van der Waals surface area contributed by atoms with Crippen molar-refractivity contribution >= 4 is 17.7 Å². The normalized spacial score (nSPS) is 10.7. The summed E-state index contributed by atoms with van der Waals surface area (Å²) in [5, 5.41) is 12.0. The van der Waals surface area contributed by atoms with Gasteiger partial charge in [-0.25, -0.2) is 0 Å². The fourth-order valence-electron chi connectivity index (χ4n) is 2.24. The Kier molecular flexibility index (Phi) is 5.38. The van der Waals surface area contributed by atoms with Crippen LogP contribution in [-0.2, 0) is 4.79 Å². The summed E-state index contributed by atoms with van der Waals surface area (Å²) in [4.78, 5) is 16.4. The highest BCUT2D eigenvalue weighted by molar-refractivity contribution is 6.10. The van der Waals surface area contributed by atoms with Crippen LogP contribution in [0.1, 0.15) is 5.56 Å². The van der Waals surface area contributed by atoms with E-state index in [1.165, 1.54) is 6.08 Å². The van der Waals surface area contributed by atoms with Crippen LogP contribution < -0.4 is 10.1 Å². The lowest BCUT2D eigenvalue weighted by molar-refractivity contribution is -0.112. The monoisotopic (exact) mass is 341 g/mol. The van der Waals surface area contributed by atoms with Crippen LogP contribution in [0.4, 0.5) is 5.69 Å². The van der Waals surface area contributed by atoms with Gasteiger partial charge in [0.1, 0.15) is 17.4 Å². The smallest absolute Gasteiger partial charge is 0.266 e. The second-order valence-corrected chi connectivity index (χ2v) is 5.32. The zero-order valence-corrected chi connectivity index (χ0v) is 13.8. The van der Waals surface area contributed by atoms with E-state index in [4.69, 9.17) is 4.74 Å². The summed E-state index contributed by atoms with van der Waals surface area (Å²) in [7, 11) is 0. The maximum absolute atomic E-state index is 12.5. The van der Waals surface area contributed by atoms with Crippen LogP contribution in [0.5, 0.6) is 11.5 Å². The third-order valence-electron chi connectivity index (χ3n) is 3.49. The summed E-state index contributed by atoms with van der Waals surface area (Å²) in [6.07, 6.45) is 4.71. The van der Waals surface area contributed by atoms with Crippen molar-refractivity contribution in [3.05, 3.63) is 90.3 Å². The number of nitrogens with one attached hydrogen (secondary N) is 1. The zero-order valence-electron chi connectivity index (χ0n) is 13.8. The summed E-state index contributed by atoms with van der Waals surface area (Å²) in [5.74, 6) is 0.642. The SMILES string of the molecule is N#CC(=Cc1ccncc1)C(=O)Nc1ccccc1Oc1ccccc1. The fraction of sp³-hybridized carbons (Fsp3) is 0. The van der Waals surface area contributed by atoms with Crippen molar-refractivity contribution in [2.24, 2.45) is 0 Å². The van der Waals surface area contributed by atoms with Gasteiger partial charge in [0.2, 0.25) is 0 Å². The summed E-state index contributed by atoms with van der Waals surface area (Å²) < 4.78 is 5.82. The first-order valence-corrected chi connectivity index (χ1v) is 7.91. The van der Waals surface area contributed by atoms with E-state index in [1.54, 1.807) is 42.7 Å². The van der Waals surface area contributed by atoms with Crippen LogP contribution in [0.15, 0.2) is 84.7 Å². The first kappa shape index (κ1) is 16.9. The molecule has 2 aromatic carbocycles.